The lowest BCUT2D eigenvalue weighted by Crippen LogP contribution is -2.15. The molecule has 1 N–H and O–H groups in total. The zero-order valence-corrected chi connectivity index (χ0v) is 16.5. The summed E-state index contributed by atoms with van der Waals surface area (Å²) in [5.41, 5.74) is 0. The molecule has 4 heteroatoms. The highest BCUT2D eigenvalue weighted by molar-refractivity contribution is 5.69. The van der Waals surface area contributed by atoms with Crippen molar-refractivity contribution in [3.05, 3.63) is 36.5 Å². The number of unbranched alkanes of at least 4 members (excludes halogenated alkanes) is 3. The molecule has 0 aromatic rings. The lowest BCUT2D eigenvalue weighted by molar-refractivity contribution is -0.147. The van der Waals surface area contributed by atoms with E-state index in [4.69, 9.17) is 9.84 Å². The minimum Gasteiger partial charge on any atom is -0.481 e. The van der Waals surface area contributed by atoms with Crippen LogP contribution < -0.4 is 0 Å². The number of ether oxygens (including phenoxy) is 1. The van der Waals surface area contributed by atoms with Crippen molar-refractivity contribution in [2.24, 2.45) is 0 Å². The first-order valence-corrected chi connectivity index (χ1v) is 9.98. The molecule has 26 heavy (non-hydrogen) atoms. The third-order valence-electron chi connectivity index (χ3n) is 3.83. The summed E-state index contributed by atoms with van der Waals surface area (Å²) in [6, 6.07) is 0. The molecule has 0 aliphatic carbocycles. The smallest absolute Gasteiger partial charge is 0.306 e. The first-order chi connectivity index (χ1) is 12.6. The topological polar surface area (TPSA) is 63.6 Å². The summed E-state index contributed by atoms with van der Waals surface area (Å²) < 4.78 is 5.54. The van der Waals surface area contributed by atoms with Gasteiger partial charge in [0.05, 0.1) is 0 Å². The molecule has 0 heterocycles. The number of hydrogen-bond acceptors (Lipinski definition) is 3. The van der Waals surface area contributed by atoms with E-state index in [1.165, 1.54) is 0 Å². The fourth-order valence-corrected chi connectivity index (χ4v) is 2.44. The summed E-state index contributed by atoms with van der Waals surface area (Å²) in [5.74, 6) is -0.884. The zero-order valence-electron chi connectivity index (χ0n) is 16.5. The van der Waals surface area contributed by atoms with Crippen LogP contribution in [0, 0.1) is 0 Å². The predicted octanol–water partition coefficient (Wildman–Crippen LogP) is 5.98. The minimum atomic E-state index is -0.738. The van der Waals surface area contributed by atoms with Gasteiger partial charge in [0.25, 0.3) is 0 Å². The quantitative estimate of drug-likeness (QED) is 0.208. The molecule has 1 atom stereocenters. The van der Waals surface area contributed by atoms with Gasteiger partial charge in [-0.15, -0.1) is 0 Å². The Morgan fingerprint density at radius 3 is 2.19 bits per heavy atom. The second kappa shape index (κ2) is 18.0. The first kappa shape index (κ1) is 24.2. The Kier molecular flexibility index (Phi) is 16.7. The maximum Gasteiger partial charge on any atom is 0.306 e. The molecule has 0 radical (unpaired) electrons. The zero-order chi connectivity index (χ0) is 19.5. The Balaban J connectivity index is 4.19. The van der Waals surface area contributed by atoms with Gasteiger partial charge in [-0.05, 0) is 51.0 Å². The highest BCUT2D eigenvalue weighted by atomic mass is 16.5. The van der Waals surface area contributed by atoms with Crippen LogP contribution in [-0.4, -0.2) is 23.1 Å². The number of carbonyl (C=O) groups excluding carboxylic acids is 1. The third kappa shape index (κ3) is 17.0. The summed E-state index contributed by atoms with van der Waals surface area (Å²) in [6.07, 6.45) is 21.0. The second-order valence-corrected chi connectivity index (χ2v) is 6.38. The van der Waals surface area contributed by atoms with Gasteiger partial charge < -0.3 is 9.84 Å². The van der Waals surface area contributed by atoms with Crippen LogP contribution in [0.1, 0.15) is 84.5 Å². The molecule has 0 aromatic heterocycles. The molecule has 0 aliphatic rings. The maximum atomic E-state index is 11.8. The van der Waals surface area contributed by atoms with Gasteiger partial charge in [-0.1, -0.05) is 57.1 Å². The molecule has 0 aromatic carbocycles. The number of allylic oxidation sites excluding steroid dienone is 5. The number of hydrogen-bond donors (Lipinski definition) is 1. The van der Waals surface area contributed by atoms with Gasteiger partial charge in [0, 0.05) is 12.8 Å². The fraction of sp³-hybridized carbons (Fsp3) is 0.636. The van der Waals surface area contributed by atoms with Crippen LogP contribution in [0.25, 0.3) is 0 Å². The van der Waals surface area contributed by atoms with Crippen LogP contribution in [-0.2, 0) is 14.3 Å². The minimum absolute atomic E-state index is 0.145. The number of carboxylic acid groups (broad SMARTS) is 1. The molecule has 0 aliphatic heterocycles. The van der Waals surface area contributed by atoms with Crippen LogP contribution in [0.3, 0.4) is 0 Å². The number of carboxylic acids is 1. The van der Waals surface area contributed by atoms with Gasteiger partial charge in [-0.2, -0.15) is 0 Å². The van der Waals surface area contributed by atoms with Crippen LogP contribution in [0.15, 0.2) is 36.5 Å². The lowest BCUT2D eigenvalue weighted by Gasteiger charge is -2.14. The Labute approximate surface area is 159 Å². The SMILES string of the molecule is CC/C=C\C/C=C\C/C=C\C(CCCCCCC(=O)O)OC(=O)CCC. The Morgan fingerprint density at radius 2 is 1.54 bits per heavy atom. The summed E-state index contributed by atoms with van der Waals surface area (Å²) in [7, 11) is 0. The Hall–Kier alpha value is -1.84. The number of carbonyl (C=O) groups is 2. The maximum absolute atomic E-state index is 11.8. The van der Waals surface area contributed by atoms with Crippen molar-refractivity contribution in [2.75, 3.05) is 0 Å². The molecule has 1 unspecified atom stereocenters. The molecule has 0 fully saturated rings. The summed E-state index contributed by atoms with van der Waals surface area (Å²) in [4.78, 5) is 22.2. The van der Waals surface area contributed by atoms with E-state index in [0.29, 0.717) is 12.8 Å². The van der Waals surface area contributed by atoms with E-state index in [-0.39, 0.29) is 18.5 Å². The van der Waals surface area contributed by atoms with E-state index in [2.05, 4.69) is 31.2 Å². The number of aliphatic carboxylic acids is 1. The predicted molar refractivity (Wildman–Crippen MR) is 107 cm³/mol. The van der Waals surface area contributed by atoms with E-state index in [0.717, 1.165) is 51.4 Å². The second-order valence-electron chi connectivity index (χ2n) is 6.38. The Bertz CT molecular complexity index is 449. The lowest BCUT2D eigenvalue weighted by atomic mass is 10.1. The van der Waals surface area contributed by atoms with E-state index >= 15 is 0 Å². The molecule has 0 saturated heterocycles. The van der Waals surface area contributed by atoms with Crippen LogP contribution in [0.2, 0.25) is 0 Å². The molecular formula is C22H36O4. The molecular weight excluding hydrogens is 328 g/mol. The average molecular weight is 365 g/mol. The van der Waals surface area contributed by atoms with Gasteiger partial charge in [0.1, 0.15) is 6.10 Å². The van der Waals surface area contributed by atoms with E-state index in [1.807, 2.05) is 19.1 Å². The van der Waals surface area contributed by atoms with Crippen molar-refractivity contribution in [1.82, 2.24) is 0 Å². The fourth-order valence-electron chi connectivity index (χ4n) is 2.44. The standard InChI is InChI=1S/C22H36O4/c1-3-5-6-7-8-9-10-13-17-20(26-22(25)16-4-2)18-14-11-12-15-19-21(23)24/h5-6,8-9,13,17,20H,3-4,7,10-12,14-16,18-19H2,1-2H3,(H,23,24)/b6-5-,9-8-,17-13-. The largest absolute Gasteiger partial charge is 0.481 e. The van der Waals surface area contributed by atoms with E-state index in [9.17, 15) is 9.59 Å². The molecule has 0 spiro atoms. The molecule has 4 nitrogen and oxygen atoms in total. The molecule has 0 amide bonds. The average Bonchev–Trinajstić information content (AvgIpc) is 2.59. The van der Waals surface area contributed by atoms with Crippen molar-refractivity contribution in [1.29, 1.82) is 0 Å². The van der Waals surface area contributed by atoms with Crippen LogP contribution >= 0.6 is 0 Å². The summed E-state index contributed by atoms with van der Waals surface area (Å²) in [5, 5.41) is 8.63. The normalized spacial score (nSPS) is 13.0. The van der Waals surface area contributed by atoms with Crippen molar-refractivity contribution in [2.45, 2.75) is 90.6 Å². The number of rotatable bonds is 16. The molecule has 0 saturated carbocycles. The monoisotopic (exact) mass is 364 g/mol. The van der Waals surface area contributed by atoms with Crippen molar-refractivity contribution in [3.63, 3.8) is 0 Å². The van der Waals surface area contributed by atoms with E-state index in [1.54, 1.807) is 0 Å². The molecule has 0 rings (SSSR count). The molecule has 0 bridgehead atoms. The van der Waals surface area contributed by atoms with Gasteiger partial charge in [0.2, 0.25) is 0 Å². The number of esters is 1. The van der Waals surface area contributed by atoms with E-state index < -0.39 is 5.97 Å². The highest BCUT2D eigenvalue weighted by Crippen LogP contribution is 2.12. The Morgan fingerprint density at radius 1 is 0.885 bits per heavy atom. The van der Waals surface area contributed by atoms with Gasteiger partial charge in [-0.3, -0.25) is 9.59 Å². The molecule has 148 valence electrons. The van der Waals surface area contributed by atoms with Crippen molar-refractivity contribution >= 4 is 11.9 Å². The summed E-state index contributed by atoms with van der Waals surface area (Å²) in [6.45, 7) is 4.08. The highest BCUT2D eigenvalue weighted by Gasteiger charge is 2.10. The third-order valence-corrected chi connectivity index (χ3v) is 3.83. The van der Waals surface area contributed by atoms with Gasteiger partial charge in [0.15, 0.2) is 0 Å². The van der Waals surface area contributed by atoms with Gasteiger partial charge >= 0.3 is 11.9 Å². The van der Waals surface area contributed by atoms with Gasteiger partial charge in [-0.25, -0.2) is 0 Å². The first-order valence-electron chi connectivity index (χ1n) is 9.98. The van der Waals surface area contributed by atoms with Crippen molar-refractivity contribution in [3.8, 4) is 0 Å². The van der Waals surface area contributed by atoms with Crippen molar-refractivity contribution < 1.29 is 19.4 Å². The van der Waals surface area contributed by atoms with Crippen LogP contribution in [0.5, 0.6) is 0 Å². The van der Waals surface area contributed by atoms with Crippen LogP contribution in [0.4, 0.5) is 0 Å². The summed E-state index contributed by atoms with van der Waals surface area (Å²) >= 11 is 0.